The number of rotatable bonds is 6. The molecule has 0 saturated carbocycles. The second kappa shape index (κ2) is 9.52. The Morgan fingerprint density at radius 1 is 1.16 bits per heavy atom. The number of pyridine rings is 1. The number of carbonyl (C=O) groups is 1. The molecular weight excluding hydrogens is 464 g/mol. The van der Waals surface area contributed by atoms with Gasteiger partial charge in [0.1, 0.15) is 23.2 Å². The van der Waals surface area contributed by atoms with Crippen LogP contribution in [0.15, 0.2) is 79.5 Å². The number of nitrogens with zero attached hydrogens (tertiary/aromatic N) is 2. The predicted molar refractivity (Wildman–Crippen MR) is 144 cm³/mol. The maximum atomic E-state index is 13.7. The second-order valence-corrected chi connectivity index (χ2v) is 10.1. The number of fused-ring (bicyclic) bond motifs is 5. The predicted octanol–water partition coefficient (Wildman–Crippen LogP) is 5.90. The Hall–Kier alpha value is -3.90. The molecule has 4 heterocycles. The molecule has 3 aliphatic rings. The van der Waals surface area contributed by atoms with Crippen LogP contribution in [0.2, 0.25) is 0 Å². The zero-order valence-corrected chi connectivity index (χ0v) is 20.8. The molecular formula is C31H30N2O4. The lowest BCUT2D eigenvalue weighted by molar-refractivity contribution is -0.0568. The fourth-order valence-corrected chi connectivity index (χ4v) is 6.13. The highest BCUT2D eigenvalue weighted by Crippen LogP contribution is 2.44. The van der Waals surface area contributed by atoms with Crippen molar-refractivity contribution >= 4 is 27.6 Å². The Labute approximate surface area is 216 Å². The number of carbonyl (C=O) groups excluding carboxylic acids is 1. The first kappa shape index (κ1) is 23.5. The van der Waals surface area contributed by atoms with E-state index in [4.69, 9.17) is 9.47 Å². The fourth-order valence-electron chi connectivity index (χ4n) is 6.13. The van der Waals surface area contributed by atoms with E-state index in [-0.39, 0.29) is 17.4 Å². The molecule has 5 atom stereocenters. The van der Waals surface area contributed by atoms with Crippen molar-refractivity contribution in [3.8, 4) is 11.5 Å². The molecule has 6 nitrogen and oxygen atoms in total. The number of ether oxygens (including phenoxy) is 2. The molecule has 3 aromatic carbocycles. The summed E-state index contributed by atoms with van der Waals surface area (Å²) in [6.45, 7) is 5.91. The summed E-state index contributed by atoms with van der Waals surface area (Å²) in [5.74, 6) is 1.05. The Morgan fingerprint density at radius 3 is 2.70 bits per heavy atom. The van der Waals surface area contributed by atoms with Crippen LogP contribution in [0, 0.1) is 11.8 Å². The number of piperidine rings is 3. The second-order valence-electron chi connectivity index (χ2n) is 10.1. The molecule has 37 heavy (non-hydrogen) atoms. The quantitative estimate of drug-likeness (QED) is 0.266. The summed E-state index contributed by atoms with van der Waals surface area (Å²) >= 11 is 0. The van der Waals surface area contributed by atoms with Crippen molar-refractivity contribution in [3.05, 3.63) is 90.6 Å². The number of esters is 1. The van der Waals surface area contributed by atoms with Crippen molar-refractivity contribution in [3.63, 3.8) is 0 Å². The first-order valence-electron chi connectivity index (χ1n) is 12.8. The third kappa shape index (κ3) is 4.21. The van der Waals surface area contributed by atoms with Gasteiger partial charge >= 0.3 is 5.97 Å². The van der Waals surface area contributed by atoms with Crippen LogP contribution >= 0.6 is 0 Å². The van der Waals surface area contributed by atoms with Gasteiger partial charge in [0.2, 0.25) is 0 Å². The number of phenolic OH excluding ortho intramolecular Hbond substituents is 1. The minimum Gasteiger partial charge on any atom is -0.507 e. The van der Waals surface area contributed by atoms with Gasteiger partial charge in [-0.1, -0.05) is 30.3 Å². The smallest absolute Gasteiger partial charge is 0.342 e. The van der Waals surface area contributed by atoms with Crippen molar-refractivity contribution in [1.29, 1.82) is 0 Å². The van der Waals surface area contributed by atoms with E-state index in [1.54, 1.807) is 25.4 Å². The molecule has 3 fully saturated rings. The monoisotopic (exact) mass is 494 g/mol. The van der Waals surface area contributed by atoms with Crippen LogP contribution in [0.3, 0.4) is 0 Å². The van der Waals surface area contributed by atoms with Crippen LogP contribution in [0.5, 0.6) is 11.5 Å². The highest BCUT2D eigenvalue weighted by molar-refractivity contribution is 5.98. The molecule has 188 valence electrons. The third-order valence-electron chi connectivity index (χ3n) is 8.11. The van der Waals surface area contributed by atoms with Gasteiger partial charge in [0.15, 0.2) is 0 Å². The molecule has 0 amide bonds. The largest absolute Gasteiger partial charge is 0.507 e. The third-order valence-corrected chi connectivity index (χ3v) is 8.11. The average molecular weight is 495 g/mol. The number of phenols is 1. The Kier molecular flexibility index (Phi) is 6.05. The summed E-state index contributed by atoms with van der Waals surface area (Å²) in [7, 11) is 1.64. The maximum Gasteiger partial charge on any atom is 0.342 e. The van der Waals surface area contributed by atoms with Crippen molar-refractivity contribution in [2.75, 3.05) is 20.2 Å². The lowest BCUT2D eigenvalue weighted by Crippen LogP contribution is -2.55. The number of benzene rings is 3. The summed E-state index contributed by atoms with van der Waals surface area (Å²) in [6, 6.07) is 18.7. The fraction of sp³-hybridized carbons (Fsp3) is 0.290. The first-order chi connectivity index (χ1) is 18.1. The molecule has 7 rings (SSSR count). The van der Waals surface area contributed by atoms with E-state index in [2.05, 4.69) is 22.5 Å². The van der Waals surface area contributed by atoms with Gasteiger partial charge in [-0.3, -0.25) is 9.88 Å². The van der Waals surface area contributed by atoms with Crippen molar-refractivity contribution in [2.45, 2.75) is 25.0 Å². The molecule has 1 aromatic heterocycles. The zero-order chi connectivity index (χ0) is 25.5. The molecule has 4 aromatic rings. The van der Waals surface area contributed by atoms with Gasteiger partial charge in [-0.2, -0.15) is 0 Å². The summed E-state index contributed by atoms with van der Waals surface area (Å²) in [4.78, 5) is 20.6. The molecule has 1 N–H and O–H groups in total. The van der Waals surface area contributed by atoms with Crippen molar-refractivity contribution < 1.29 is 19.4 Å². The number of aromatic hydroxyl groups is 1. The molecule has 1 unspecified atom stereocenters. The Balaban J connectivity index is 1.43. The van der Waals surface area contributed by atoms with E-state index in [0.717, 1.165) is 58.9 Å². The van der Waals surface area contributed by atoms with Gasteiger partial charge in [0.25, 0.3) is 0 Å². The minimum atomic E-state index is -0.538. The minimum absolute atomic E-state index is 0.0123. The lowest BCUT2D eigenvalue weighted by Gasteiger charge is -2.51. The maximum absolute atomic E-state index is 13.7. The van der Waals surface area contributed by atoms with Crippen LogP contribution < -0.4 is 4.74 Å². The summed E-state index contributed by atoms with van der Waals surface area (Å²) in [6.07, 6.45) is 5.32. The summed E-state index contributed by atoms with van der Waals surface area (Å²) in [5, 5.41) is 13.4. The van der Waals surface area contributed by atoms with E-state index >= 15 is 0 Å². The highest BCUT2D eigenvalue weighted by atomic mass is 16.5. The molecule has 3 saturated heterocycles. The number of hydrogen-bond acceptors (Lipinski definition) is 6. The molecule has 6 heteroatoms. The first-order valence-corrected chi connectivity index (χ1v) is 12.8. The SMILES string of the molecule is C=C[C@H]1CN2CC[C@H]1C[C@H]2[C@H](OC(=O)c1cc2ccccc2cc1O)c1ccnc2ccc(OC)cc12. The zero-order valence-electron chi connectivity index (χ0n) is 20.8. The Bertz CT molecular complexity index is 1500. The van der Waals surface area contributed by atoms with E-state index in [1.807, 2.05) is 48.5 Å². The molecule has 0 radical (unpaired) electrons. The lowest BCUT2D eigenvalue weighted by atomic mass is 9.73. The van der Waals surface area contributed by atoms with E-state index in [9.17, 15) is 9.90 Å². The standard InChI is InChI=1S/C31H30N2O4/c1-3-19-18-33-13-11-22(19)15-28(33)30(24-10-12-32-27-9-8-23(36-2)17-25(24)27)37-31(35)26-14-20-6-4-5-7-21(20)16-29(26)34/h3-10,12,14,16-17,19,22,28,30,34H,1,11,13,15,18H2,2H3/t19-,22-,28-,30+/m0/s1. The number of hydrogen-bond donors (Lipinski definition) is 1. The van der Waals surface area contributed by atoms with Crippen LogP contribution in [0.4, 0.5) is 0 Å². The van der Waals surface area contributed by atoms with E-state index in [0.29, 0.717) is 11.8 Å². The number of methoxy groups -OCH3 is 1. The molecule has 2 bridgehead atoms. The molecule has 3 aliphatic heterocycles. The van der Waals surface area contributed by atoms with E-state index < -0.39 is 12.1 Å². The summed E-state index contributed by atoms with van der Waals surface area (Å²) < 4.78 is 11.9. The average Bonchev–Trinajstić information content (AvgIpc) is 2.95. The van der Waals surface area contributed by atoms with Gasteiger partial charge in [0.05, 0.1) is 18.7 Å². The molecule has 0 spiro atoms. The van der Waals surface area contributed by atoms with Gasteiger partial charge in [-0.05, 0) is 78.4 Å². The number of aromatic nitrogens is 1. The van der Waals surface area contributed by atoms with Gasteiger partial charge < -0.3 is 14.6 Å². The van der Waals surface area contributed by atoms with Crippen molar-refractivity contribution in [2.24, 2.45) is 11.8 Å². The van der Waals surface area contributed by atoms with Gasteiger partial charge in [-0.25, -0.2) is 4.79 Å². The summed E-state index contributed by atoms with van der Waals surface area (Å²) in [5.41, 5.74) is 1.87. The van der Waals surface area contributed by atoms with Crippen molar-refractivity contribution in [1.82, 2.24) is 9.88 Å². The van der Waals surface area contributed by atoms with Crippen LogP contribution in [0.1, 0.15) is 34.9 Å². The van der Waals surface area contributed by atoms with E-state index in [1.165, 1.54) is 0 Å². The normalized spacial score (nSPS) is 23.6. The van der Waals surface area contributed by atoms with Crippen LogP contribution in [-0.2, 0) is 4.74 Å². The van der Waals surface area contributed by atoms with Gasteiger partial charge in [0, 0.05) is 23.7 Å². The van der Waals surface area contributed by atoms with Crippen LogP contribution in [0.25, 0.3) is 21.7 Å². The van der Waals surface area contributed by atoms with Crippen LogP contribution in [-0.4, -0.2) is 47.2 Å². The molecule has 0 aliphatic carbocycles. The Morgan fingerprint density at radius 2 is 1.97 bits per heavy atom. The highest BCUT2D eigenvalue weighted by Gasteiger charge is 2.44. The van der Waals surface area contributed by atoms with Gasteiger partial charge in [-0.15, -0.1) is 6.58 Å². The topological polar surface area (TPSA) is 71.9 Å².